The van der Waals surface area contributed by atoms with Gasteiger partial charge >= 0.3 is 7.12 Å². The van der Waals surface area contributed by atoms with E-state index in [1.54, 1.807) is 26.0 Å². The average Bonchev–Trinajstić information content (AvgIpc) is 2.85. The second kappa shape index (κ2) is 11.8. The van der Waals surface area contributed by atoms with Gasteiger partial charge in [0.2, 0.25) is 5.91 Å². The molecule has 1 aromatic heterocycles. The molecule has 3 atom stereocenters. The Morgan fingerprint density at radius 1 is 1.20 bits per heavy atom. The lowest BCUT2D eigenvalue weighted by molar-refractivity contribution is -0.124. The minimum Gasteiger partial charge on any atom is -0.426 e. The number of rotatable bonds is 10. The number of nitrogens with zero attached hydrogens (tertiary/aromatic N) is 2. The van der Waals surface area contributed by atoms with Crippen LogP contribution in [-0.4, -0.2) is 50.9 Å². The van der Waals surface area contributed by atoms with Crippen molar-refractivity contribution < 1.29 is 29.2 Å². The number of carbonyl (C=O) groups excluding carboxylic acids is 2. The third-order valence-corrected chi connectivity index (χ3v) is 6.25. The van der Waals surface area contributed by atoms with Gasteiger partial charge in [-0.3, -0.25) is 14.6 Å². The van der Waals surface area contributed by atoms with Crippen molar-refractivity contribution in [2.75, 3.05) is 0 Å². The molecule has 4 N–H and O–H groups in total. The fourth-order valence-corrected chi connectivity index (χ4v) is 3.56. The van der Waals surface area contributed by atoms with Crippen LogP contribution in [0.5, 0.6) is 0 Å². The first-order valence-corrected chi connectivity index (χ1v) is 11.3. The molecule has 0 bridgehead atoms. The van der Waals surface area contributed by atoms with Gasteiger partial charge in [0.15, 0.2) is 0 Å². The van der Waals surface area contributed by atoms with Crippen molar-refractivity contribution >= 4 is 18.9 Å². The van der Waals surface area contributed by atoms with Crippen LogP contribution < -0.4 is 10.6 Å². The zero-order valence-electron chi connectivity index (χ0n) is 28.3. The largest absolute Gasteiger partial charge is 0.476 e. The van der Waals surface area contributed by atoms with E-state index in [0.717, 1.165) is 31.9 Å². The average molecular weight is 489 g/mol. The molecule has 0 aliphatic carbocycles. The molecule has 2 aromatic rings. The minimum atomic E-state index is -3.37. The van der Waals surface area contributed by atoms with Crippen LogP contribution in [0.4, 0.5) is 0 Å². The van der Waals surface area contributed by atoms with E-state index in [9.17, 15) is 19.6 Å². The summed E-state index contributed by atoms with van der Waals surface area (Å²) < 4.78 is 58.1. The summed E-state index contributed by atoms with van der Waals surface area (Å²) in [5.41, 5.74) is 0.910. The molecule has 0 spiro atoms. The van der Waals surface area contributed by atoms with Crippen molar-refractivity contribution in [1.82, 2.24) is 20.6 Å². The van der Waals surface area contributed by atoms with Crippen LogP contribution >= 0.6 is 0 Å². The van der Waals surface area contributed by atoms with E-state index in [1.165, 1.54) is 6.20 Å². The molecule has 9 heteroatoms. The second-order valence-corrected chi connectivity index (χ2v) is 9.04. The summed E-state index contributed by atoms with van der Waals surface area (Å²) >= 11 is 0. The van der Waals surface area contributed by atoms with Gasteiger partial charge in [-0.1, -0.05) is 52.2 Å². The monoisotopic (exact) mass is 489 g/mol. The Morgan fingerprint density at radius 3 is 2.46 bits per heavy atom. The zero-order valence-corrected chi connectivity index (χ0v) is 21.3. The summed E-state index contributed by atoms with van der Waals surface area (Å²) in [5, 5.41) is 25.5. The van der Waals surface area contributed by atoms with Crippen LogP contribution in [0, 0.1) is 39.0 Å². The van der Waals surface area contributed by atoms with Crippen molar-refractivity contribution in [3.8, 4) is 0 Å². The highest BCUT2D eigenvalue weighted by Gasteiger charge is 2.43. The number of amides is 2. The highest BCUT2D eigenvalue weighted by atomic mass is 16.4. The minimum absolute atomic E-state index is 0.0942. The quantitative estimate of drug-likeness (QED) is 0.381. The van der Waals surface area contributed by atoms with Gasteiger partial charge in [0.25, 0.3) is 5.91 Å². The maximum Gasteiger partial charge on any atom is 0.476 e. The van der Waals surface area contributed by atoms with Gasteiger partial charge in [-0.05, 0) is 55.7 Å². The Morgan fingerprint density at radius 2 is 1.89 bits per heavy atom. The molecule has 1 heterocycles. The summed E-state index contributed by atoms with van der Waals surface area (Å²) in [5.74, 6) is -8.03. The van der Waals surface area contributed by atoms with Gasteiger partial charge in [-0.2, -0.15) is 0 Å². The lowest BCUT2D eigenvalue weighted by Gasteiger charge is -2.39. The fraction of sp³-hybridized carbons (Fsp3) is 0.538. The summed E-state index contributed by atoms with van der Waals surface area (Å²) in [4.78, 5) is 35.3. The molecule has 0 aliphatic rings. The first-order chi connectivity index (χ1) is 18.9. The molecule has 0 aliphatic heterocycles. The van der Waals surface area contributed by atoms with E-state index in [4.69, 9.17) is 9.60 Å². The number of hydrogen-bond acceptors (Lipinski definition) is 6. The molecule has 8 nitrogen and oxygen atoms in total. The standard InChI is InChI=1S/C26H39BN4O4/c1-9-16(3)26(7,8)25(27(34)35)31-23(32)21(13-20-12-10-11-15(2)17(20)4)30-24(33)22-14-28-18(5)19(6)29-22/h10-12,14,16,21,25,34-35H,9,13H2,1-8H3,(H,30,33)(H,31,32)/t16?,21-,25?/m0/s1/i3D3,9D2,16D,25D. The molecule has 190 valence electrons. The van der Waals surface area contributed by atoms with Crippen LogP contribution in [0.1, 0.15) is 82.2 Å². The highest BCUT2D eigenvalue weighted by molar-refractivity contribution is 6.44. The molecule has 2 unspecified atom stereocenters. The van der Waals surface area contributed by atoms with Crippen molar-refractivity contribution in [2.45, 2.75) is 80.1 Å². The second-order valence-electron chi connectivity index (χ2n) is 9.04. The summed E-state index contributed by atoms with van der Waals surface area (Å²) in [6.07, 6.45) is -1.68. The first kappa shape index (κ1) is 19.4. The summed E-state index contributed by atoms with van der Waals surface area (Å²) in [6.45, 7) is 6.53. The Balaban J connectivity index is 2.63. The maximum atomic E-state index is 13.8. The van der Waals surface area contributed by atoms with Gasteiger partial charge in [-0.25, -0.2) is 4.98 Å². The maximum absolute atomic E-state index is 13.8. The number of carbonyl (C=O) groups is 2. The third-order valence-electron chi connectivity index (χ3n) is 6.25. The van der Waals surface area contributed by atoms with Gasteiger partial charge in [0.1, 0.15) is 11.7 Å². The Bertz CT molecular complexity index is 1320. The molecule has 2 amide bonds. The summed E-state index contributed by atoms with van der Waals surface area (Å²) in [7, 11) is -2.76. The smallest absolute Gasteiger partial charge is 0.426 e. The number of hydrogen-bond donors (Lipinski definition) is 4. The van der Waals surface area contributed by atoms with Crippen LogP contribution in [0.2, 0.25) is 0 Å². The zero-order chi connectivity index (χ0) is 32.6. The normalized spacial score (nSPS) is 19.6. The lowest BCUT2D eigenvalue weighted by atomic mass is 9.59. The predicted octanol–water partition coefficient (Wildman–Crippen LogP) is 2.62. The number of aryl methyl sites for hydroxylation is 3. The van der Waals surface area contributed by atoms with Crippen molar-refractivity contribution in [2.24, 2.45) is 11.3 Å². The van der Waals surface area contributed by atoms with Crippen LogP contribution in [0.3, 0.4) is 0 Å². The predicted molar refractivity (Wildman–Crippen MR) is 138 cm³/mol. The number of benzene rings is 1. The Labute approximate surface area is 219 Å². The third kappa shape index (κ3) is 6.89. The SMILES string of the molecule is [2H]C([2H])([2H])C([2H])(C([2H])([2H])C)C(C)(C)C([2H])(NC(=O)[C@H](Cc1cccc(C)c1C)NC(=O)c1cnc(C)c(C)n1)B(O)O. The molecule has 2 rings (SSSR count). The number of aromatic nitrogens is 2. The molecule has 35 heavy (non-hydrogen) atoms. The van der Waals surface area contributed by atoms with Gasteiger partial charge in [0, 0.05) is 14.6 Å². The van der Waals surface area contributed by atoms with Gasteiger partial charge in [-0.15, -0.1) is 0 Å². The van der Waals surface area contributed by atoms with Crippen LogP contribution in [0.15, 0.2) is 24.4 Å². The molecule has 1 aromatic carbocycles. The highest BCUT2D eigenvalue weighted by Crippen LogP contribution is 2.33. The van der Waals surface area contributed by atoms with Crippen LogP contribution in [-0.2, 0) is 11.2 Å². The van der Waals surface area contributed by atoms with Crippen LogP contribution in [0.25, 0.3) is 0 Å². The van der Waals surface area contributed by atoms with Crippen molar-refractivity contribution in [1.29, 1.82) is 0 Å². The topological polar surface area (TPSA) is 124 Å². The Hall–Kier alpha value is -2.78. The van der Waals surface area contributed by atoms with Gasteiger partial charge < -0.3 is 20.7 Å². The van der Waals surface area contributed by atoms with Crippen molar-refractivity contribution in [3.05, 3.63) is 58.2 Å². The molecular weight excluding hydrogens is 443 g/mol. The van der Waals surface area contributed by atoms with E-state index in [2.05, 4.69) is 20.6 Å². The van der Waals surface area contributed by atoms with Crippen molar-refractivity contribution in [3.63, 3.8) is 0 Å². The van der Waals surface area contributed by atoms with E-state index in [-0.39, 0.29) is 12.1 Å². The van der Waals surface area contributed by atoms with E-state index in [1.807, 2.05) is 19.9 Å². The molecule has 0 saturated heterocycles. The number of nitrogens with one attached hydrogen (secondary N) is 2. The summed E-state index contributed by atoms with van der Waals surface area (Å²) in [6, 6.07) is 3.91. The Kier molecular flexibility index (Phi) is 6.53. The fourth-order valence-electron chi connectivity index (χ4n) is 3.56. The van der Waals surface area contributed by atoms with E-state index >= 15 is 0 Å². The van der Waals surface area contributed by atoms with Gasteiger partial charge in [0.05, 0.1) is 24.9 Å². The molecule has 0 fully saturated rings. The van der Waals surface area contributed by atoms with E-state index in [0.29, 0.717) is 17.0 Å². The molecular formula is C26H39BN4O4. The first-order valence-electron chi connectivity index (χ1n) is 14.8. The lowest BCUT2D eigenvalue weighted by Crippen LogP contribution is -2.60. The molecule has 0 radical (unpaired) electrons. The molecule has 0 saturated carbocycles. The van der Waals surface area contributed by atoms with E-state index < -0.39 is 55.4 Å².